The zero-order valence-corrected chi connectivity index (χ0v) is 14.9. The molecule has 0 aliphatic heterocycles. The Balaban J connectivity index is 0.000000257. The third kappa shape index (κ3) is 6.63. The fourth-order valence-electron chi connectivity index (χ4n) is 1.86. The highest BCUT2D eigenvalue weighted by atomic mass is 18.2. The molecule has 25 heavy (non-hydrogen) atoms. The van der Waals surface area contributed by atoms with Crippen molar-refractivity contribution >= 4 is 17.6 Å². The van der Waals surface area contributed by atoms with Crippen molar-refractivity contribution in [1.82, 2.24) is 5.32 Å². The average Bonchev–Trinajstić information content (AvgIpc) is 2.62. The summed E-state index contributed by atoms with van der Waals surface area (Å²) < 4.78 is 17.2. The van der Waals surface area contributed by atoms with Gasteiger partial charge in [-0.05, 0) is 55.5 Å². The molecule has 1 N–H and O–H groups in total. The van der Waals surface area contributed by atoms with Gasteiger partial charge in [-0.15, -0.1) is 0 Å². The second kappa shape index (κ2) is 10.1. The topological polar surface area (TPSA) is 58.6 Å². The predicted molar refractivity (Wildman–Crippen MR) is 96.5 cm³/mol. The average molecular weight is 345 g/mol. The lowest BCUT2D eigenvalue weighted by Crippen LogP contribution is -2.17. The van der Waals surface area contributed by atoms with Crippen molar-refractivity contribution in [2.24, 2.45) is 0 Å². The van der Waals surface area contributed by atoms with Crippen LogP contribution in [0.1, 0.15) is 27.6 Å². The van der Waals surface area contributed by atoms with Crippen LogP contribution < -0.4 is 10.2 Å². The highest BCUT2D eigenvalue weighted by molar-refractivity contribution is 5.93. The Bertz CT molecular complexity index is 683. The monoisotopic (exact) mass is 345 g/mol. The van der Waals surface area contributed by atoms with Gasteiger partial charge in [-0.1, -0.05) is 0 Å². The number of nitrogens with one attached hydrogen (secondary N) is 1. The molecular formula is C19H23FN2O3. The number of carbonyl (C=O) groups is 2. The highest BCUT2D eigenvalue weighted by Crippen LogP contribution is 2.12. The van der Waals surface area contributed by atoms with Crippen molar-refractivity contribution in [3.63, 3.8) is 0 Å². The number of benzene rings is 2. The number of ether oxygens (including phenoxy) is 1. The third-order valence-electron chi connectivity index (χ3n) is 3.23. The van der Waals surface area contributed by atoms with E-state index in [2.05, 4.69) is 5.32 Å². The van der Waals surface area contributed by atoms with Crippen LogP contribution in [-0.2, 0) is 4.74 Å². The van der Waals surface area contributed by atoms with E-state index in [0.717, 1.165) is 5.69 Å². The maximum Gasteiger partial charge on any atom is 0.338 e. The van der Waals surface area contributed by atoms with Crippen molar-refractivity contribution < 1.29 is 18.7 Å². The van der Waals surface area contributed by atoms with E-state index in [1.54, 1.807) is 19.1 Å². The first-order chi connectivity index (χ1) is 11.9. The summed E-state index contributed by atoms with van der Waals surface area (Å²) in [6.45, 7) is 2.21. The van der Waals surface area contributed by atoms with E-state index in [4.69, 9.17) is 4.74 Å². The van der Waals surface area contributed by atoms with Gasteiger partial charge in [0.15, 0.2) is 0 Å². The molecule has 2 rings (SSSR count). The molecule has 5 nitrogen and oxygen atoms in total. The molecule has 0 saturated heterocycles. The molecule has 0 saturated carbocycles. The molecular weight excluding hydrogens is 322 g/mol. The number of hydrogen-bond acceptors (Lipinski definition) is 4. The molecule has 2 aromatic carbocycles. The second-order valence-corrected chi connectivity index (χ2v) is 5.25. The fraction of sp³-hybridized carbons (Fsp3) is 0.263. The molecule has 0 unspecified atom stereocenters. The van der Waals surface area contributed by atoms with Gasteiger partial charge < -0.3 is 15.0 Å². The molecule has 0 aliphatic rings. The van der Waals surface area contributed by atoms with E-state index in [9.17, 15) is 14.0 Å². The summed E-state index contributed by atoms with van der Waals surface area (Å²) in [5.74, 6) is -0.805. The molecule has 0 heterocycles. The van der Waals surface area contributed by atoms with Crippen LogP contribution in [0.2, 0.25) is 0 Å². The molecule has 0 aromatic heterocycles. The summed E-state index contributed by atoms with van der Waals surface area (Å²) in [4.78, 5) is 24.2. The number of esters is 1. The van der Waals surface area contributed by atoms with Crippen LogP contribution in [0.4, 0.5) is 10.1 Å². The van der Waals surface area contributed by atoms with Gasteiger partial charge in [0.1, 0.15) is 5.82 Å². The molecule has 1 amide bonds. The number of hydrogen-bond donors (Lipinski definition) is 1. The van der Waals surface area contributed by atoms with Gasteiger partial charge in [0.2, 0.25) is 0 Å². The zero-order valence-electron chi connectivity index (χ0n) is 14.9. The Morgan fingerprint density at radius 3 is 1.96 bits per heavy atom. The van der Waals surface area contributed by atoms with Gasteiger partial charge in [-0.3, -0.25) is 4.79 Å². The maximum absolute atomic E-state index is 12.3. The first-order valence-corrected chi connectivity index (χ1v) is 7.81. The Hall–Kier alpha value is -2.89. The van der Waals surface area contributed by atoms with Gasteiger partial charge in [0.05, 0.1) is 12.2 Å². The number of halogens is 1. The van der Waals surface area contributed by atoms with Crippen LogP contribution in [0, 0.1) is 5.82 Å². The Morgan fingerprint density at radius 1 is 1.00 bits per heavy atom. The molecule has 134 valence electrons. The minimum atomic E-state index is -0.336. The van der Waals surface area contributed by atoms with E-state index in [1.165, 1.54) is 31.3 Å². The van der Waals surface area contributed by atoms with Crippen molar-refractivity contribution in [1.29, 1.82) is 0 Å². The fourth-order valence-corrected chi connectivity index (χ4v) is 1.86. The summed E-state index contributed by atoms with van der Waals surface area (Å²) in [5.41, 5.74) is 2.13. The number of carbonyl (C=O) groups excluding carboxylic acids is 2. The first-order valence-electron chi connectivity index (χ1n) is 7.81. The lowest BCUT2D eigenvalue weighted by Gasteiger charge is -2.12. The van der Waals surface area contributed by atoms with Crippen LogP contribution in [0.15, 0.2) is 48.5 Å². The summed E-state index contributed by atoms with van der Waals surface area (Å²) in [6, 6.07) is 12.7. The number of amides is 1. The second-order valence-electron chi connectivity index (χ2n) is 5.25. The molecule has 0 radical (unpaired) electrons. The SMILES string of the molecule is CCOC(=O)c1ccc(N(C)C)cc1.CNC(=O)c1ccc([18F])cc1. The summed E-state index contributed by atoms with van der Waals surface area (Å²) in [6.07, 6.45) is 0. The lowest BCUT2D eigenvalue weighted by atomic mass is 10.2. The van der Waals surface area contributed by atoms with E-state index >= 15 is 0 Å². The first kappa shape index (κ1) is 20.2. The highest BCUT2D eigenvalue weighted by Gasteiger charge is 2.05. The Labute approximate surface area is 147 Å². The van der Waals surface area contributed by atoms with Crippen LogP contribution >= 0.6 is 0 Å². The van der Waals surface area contributed by atoms with E-state index in [1.807, 2.05) is 31.1 Å². The smallest absolute Gasteiger partial charge is 0.338 e. The third-order valence-corrected chi connectivity index (χ3v) is 3.23. The molecule has 0 atom stereocenters. The molecule has 0 spiro atoms. The van der Waals surface area contributed by atoms with Crippen LogP contribution in [-0.4, -0.2) is 39.6 Å². The Kier molecular flexibility index (Phi) is 8.12. The summed E-state index contributed by atoms with van der Waals surface area (Å²) >= 11 is 0. The van der Waals surface area contributed by atoms with E-state index in [-0.39, 0.29) is 17.7 Å². The minimum absolute atomic E-state index is 0.204. The van der Waals surface area contributed by atoms with Gasteiger partial charge in [-0.2, -0.15) is 0 Å². The van der Waals surface area contributed by atoms with Crippen molar-refractivity contribution in [2.45, 2.75) is 6.92 Å². The molecule has 6 heteroatoms. The van der Waals surface area contributed by atoms with E-state index < -0.39 is 0 Å². The molecule has 0 aliphatic carbocycles. The van der Waals surface area contributed by atoms with E-state index in [0.29, 0.717) is 17.7 Å². The normalized spacial score (nSPS) is 9.48. The number of nitrogens with zero attached hydrogens (tertiary/aromatic N) is 1. The molecule has 0 bridgehead atoms. The predicted octanol–water partition coefficient (Wildman–Crippen LogP) is 3.11. The van der Waals surface area contributed by atoms with Gasteiger partial charge >= 0.3 is 5.97 Å². The van der Waals surface area contributed by atoms with Crippen LogP contribution in [0.25, 0.3) is 0 Å². The largest absolute Gasteiger partial charge is 0.462 e. The quantitative estimate of drug-likeness (QED) is 0.865. The van der Waals surface area contributed by atoms with Crippen LogP contribution in [0.3, 0.4) is 0 Å². The minimum Gasteiger partial charge on any atom is -0.462 e. The summed E-state index contributed by atoms with van der Waals surface area (Å²) in [5, 5.41) is 2.44. The van der Waals surface area contributed by atoms with Gasteiger partial charge in [0, 0.05) is 32.4 Å². The van der Waals surface area contributed by atoms with Crippen LogP contribution in [0.5, 0.6) is 0 Å². The molecule has 0 fully saturated rings. The van der Waals surface area contributed by atoms with Gasteiger partial charge in [0.25, 0.3) is 5.91 Å². The zero-order chi connectivity index (χ0) is 18.8. The van der Waals surface area contributed by atoms with Gasteiger partial charge in [-0.25, -0.2) is 9.18 Å². The standard InChI is InChI=1S/C11H15NO2.C8H8FNO/c1-4-14-11(13)9-5-7-10(8-6-9)12(2)3;1-10-8(11)6-2-4-7(9)5-3-6/h5-8H,4H2,1-3H3;2-5H,1H3,(H,10,11)/i;9-1. The summed E-state index contributed by atoms with van der Waals surface area (Å²) in [7, 11) is 5.45. The Morgan fingerprint density at radius 2 is 1.52 bits per heavy atom. The number of rotatable bonds is 4. The van der Waals surface area contributed by atoms with Crippen molar-refractivity contribution in [3.8, 4) is 0 Å². The number of anilines is 1. The lowest BCUT2D eigenvalue weighted by molar-refractivity contribution is 0.0526. The van der Waals surface area contributed by atoms with Crippen molar-refractivity contribution in [3.05, 3.63) is 65.5 Å². The maximum atomic E-state index is 12.3. The molecule has 2 aromatic rings. The van der Waals surface area contributed by atoms with Crippen molar-refractivity contribution in [2.75, 3.05) is 32.6 Å².